The number of hydrogen-bond acceptors (Lipinski definition) is 0. The molecule has 0 saturated carbocycles. The van der Waals surface area contributed by atoms with E-state index in [4.69, 9.17) is 11.6 Å². The highest BCUT2D eigenvalue weighted by molar-refractivity contribution is 6.30. The van der Waals surface area contributed by atoms with Crippen LogP contribution in [0, 0.1) is 6.92 Å². The lowest BCUT2D eigenvalue weighted by molar-refractivity contribution is 0.0487. The topological polar surface area (TPSA) is 0 Å². The molecule has 1 rings (SSSR count). The summed E-state index contributed by atoms with van der Waals surface area (Å²) in [6.07, 6.45) is 0. The van der Waals surface area contributed by atoms with Gasteiger partial charge in [0.05, 0.1) is 0 Å². The average molecular weight is 176 g/mol. The Hall–Kier alpha value is -0.630. The first-order valence-electron chi connectivity index (χ1n) is 2.99. The minimum absolute atomic E-state index is 0.123. The van der Waals surface area contributed by atoms with Gasteiger partial charge in [-0.05, 0) is 12.1 Å². The number of alkyl halides is 2. The fourth-order valence-corrected chi connectivity index (χ4v) is 0.820. The summed E-state index contributed by atoms with van der Waals surface area (Å²) in [4.78, 5) is 0. The van der Waals surface area contributed by atoms with Crippen LogP contribution in [0.4, 0.5) is 8.78 Å². The molecule has 0 aliphatic heterocycles. The molecule has 1 radical (unpaired) electrons. The fraction of sp³-hybridized carbons (Fsp3) is 0.125. The zero-order valence-electron chi connectivity index (χ0n) is 5.65. The normalized spacial score (nSPS) is 11.6. The molecule has 0 aromatic heterocycles. The van der Waals surface area contributed by atoms with E-state index < -0.39 is 5.92 Å². The minimum Gasteiger partial charge on any atom is -0.201 e. The Morgan fingerprint density at radius 2 is 1.64 bits per heavy atom. The molecule has 0 amide bonds. The third-order valence-electron chi connectivity index (χ3n) is 1.27. The maximum absolute atomic E-state index is 12.4. The SMILES string of the molecule is [CH2]C(F)(F)c1ccc(Cl)cc1. The summed E-state index contributed by atoms with van der Waals surface area (Å²) in [6, 6.07) is 5.34. The van der Waals surface area contributed by atoms with Crippen molar-refractivity contribution in [1.82, 2.24) is 0 Å². The predicted octanol–water partition coefficient (Wildman–Crippen LogP) is 3.27. The standard InChI is InChI=1S/C8H6ClF2/c1-8(10,11)6-2-4-7(9)5-3-6/h2-5H,1H2. The van der Waals surface area contributed by atoms with Gasteiger partial charge in [-0.3, -0.25) is 0 Å². The van der Waals surface area contributed by atoms with Gasteiger partial charge < -0.3 is 0 Å². The molecule has 0 spiro atoms. The van der Waals surface area contributed by atoms with E-state index in [2.05, 4.69) is 6.92 Å². The maximum Gasteiger partial charge on any atom is 0.273 e. The Kier molecular flexibility index (Phi) is 2.14. The second-order valence-electron chi connectivity index (χ2n) is 2.21. The van der Waals surface area contributed by atoms with Crippen LogP contribution in [-0.4, -0.2) is 0 Å². The summed E-state index contributed by atoms with van der Waals surface area (Å²) >= 11 is 5.50. The van der Waals surface area contributed by atoms with Crippen LogP contribution in [0.1, 0.15) is 5.56 Å². The van der Waals surface area contributed by atoms with E-state index in [1.54, 1.807) is 0 Å². The highest BCUT2D eigenvalue weighted by atomic mass is 35.5. The van der Waals surface area contributed by atoms with Crippen LogP contribution in [0.25, 0.3) is 0 Å². The summed E-state index contributed by atoms with van der Waals surface area (Å²) in [5.41, 5.74) is -0.123. The van der Waals surface area contributed by atoms with E-state index >= 15 is 0 Å². The molecule has 3 heteroatoms. The molecule has 11 heavy (non-hydrogen) atoms. The Labute approximate surface area is 68.8 Å². The van der Waals surface area contributed by atoms with Gasteiger partial charge in [0.1, 0.15) is 0 Å². The van der Waals surface area contributed by atoms with Crippen molar-refractivity contribution in [3.8, 4) is 0 Å². The van der Waals surface area contributed by atoms with Gasteiger partial charge in [0.2, 0.25) is 0 Å². The molecule has 0 saturated heterocycles. The maximum atomic E-state index is 12.4. The van der Waals surface area contributed by atoms with E-state index in [9.17, 15) is 8.78 Å². The summed E-state index contributed by atoms with van der Waals surface area (Å²) in [6.45, 7) is 2.69. The van der Waals surface area contributed by atoms with Gasteiger partial charge in [-0.2, -0.15) is 0 Å². The molecule has 59 valence electrons. The highest BCUT2D eigenvalue weighted by Crippen LogP contribution is 2.26. The number of rotatable bonds is 1. The quantitative estimate of drug-likeness (QED) is 0.615. The zero-order valence-corrected chi connectivity index (χ0v) is 6.41. The molecule has 0 fully saturated rings. The third-order valence-corrected chi connectivity index (χ3v) is 1.52. The molecule has 0 heterocycles. The monoisotopic (exact) mass is 175 g/mol. The lowest BCUT2D eigenvalue weighted by Crippen LogP contribution is -2.06. The van der Waals surface area contributed by atoms with Crippen LogP contribution in [0.3, 0.4) is 0 Å². The smallest absolute Gasteiger partial charge is 0.201 e. The van der Waals surface area contributed by atoms with Crippen molar-refractivity contribution in [1.29, 1.82) is 0 Å². The van der Waals surface area contributed by atoms with Gasteiger partial charge in [0, 0.05) is 17.5 Å². The predicted molar refractivity (Wildman–Crippen MR) is 40.7 cm³/mol. The Balaban J connectivity index is 2.99. The fourth-order valence-electron chi connectivity index (χ4n) is 0.694. The molecule has 0 unspecified atom stereocenters. The summed E-state index contributed by atoms with van der Waals surface area (Å²) in [5, 5.41) is 0.443. The molecule has 0 aliphatic carbocycles. The summed E-state index contributed by atoms with van der Waals surface area (Å²) < 4.78 is 24.9. The van der Waals surface area contributed by atoms with Crippen LogP contribution < -0.4 is 0 Å². The Bertz CT molecular complexity index is 235. The van der Waals surface area contributed by atoms with E-state index in [0.717, 1.165) is 0 Å². The van der Waals surface area contributed by atoms with Crippen LogP contribution in [0.2, 0.25) is 5.02 Å². The van der Waals surface area contributed by atoms with Gasteiger partial charge in [-0.15, -0.1) is 0 Å². The first-order chi connectivity index (χ1) is 5.00. The highest BCUT2D eigenvalue weighted by Gasteiger charge is 2.23. The van der Waals surface area contributed by atoms with E-state index in [-0.39, 0.29) is 5.56 Å². The van der Waals surface area contributed by atoms with Crippen LogP contribution in [0.5, 0.6) is 0 Å². The van der Waals surface area contributed by atoms with Crippen LogP contribution >= 0.6 is 11.6 Å². The summed E-state index contributed by atoms with van der Waals surface area (Å²) in [7, 11) is 0. The van der Waals surface area contributed by atoms with Crippen molar-refractivity contribution in [2.45, 2.75) is 5.92 Å². The largest absolute Gasteiger partial charge is 0.273 e. The molecule has 1 aromatic rings. The molecular formula is C8H6ClF2. The average Bonchev–Trinajstić information content (AvgIpc) is 1.86. The first kappa shape index (κ1) is 8.47. The lowest BCUT2D eigenvalue weighted by atomic mass is 10.1. The molecular weight excluding hydrogens is 170 g/mol. The molecule has 0 nitrogen and oxygen atoms in total. The molecule has 0 aliphatic rings. The summed E-state index contributed by atoms with van der Waals surface area (Å²) in [5.74, 6) is -3.02. The van der Waals surface area contributed by atoms with Gasteiger partial charge in [-0.25, -0.2) is 8.78 Å². The van der Waals surface area contributed by atoms with Crippen molar-refractivity contribution < 1.29 is 8.78 Å². The van der Waals surface area contributed by atoms with Gasteiger partial charge in [-0.1, -0.05) is 23.7 Å². The van der Waals surface area contributed by atoms with E-state index in [0.29, 0.717) is 5.02 Å². The molecule has 0 atom stereocenters. The lowest BCUT2D eigenvalue weighted by Gasteiger charge is -2.09. The molecule has 1 aromatic carbocycles. The van der Waals surface area contributed by atoms with Crippen LogP contribution in [0.15, 0.2) is 24.3 Å². The van der Waals surface area contributed by atoms with E-state index in [1.807, 2.05) is 0 Å². The number of hydrogen-bond donors (Lipinski definition) is 0. The number of halogens is 3. The second kappa shape index (κ2) is 2.78. The zero-order chi connectivity index (χ0) is 8.48. The van der Waals surface area contributed by atoms with Gasteiger partial charge in [0.25, 0.3) is 5.92 Å². The first-order valence-corrected chi connectivity index (χ1v) is 3.37. The molecule has 0 N–H and O–H groups in total. The van der Waals surface area contributed by atoms with Gasteiger partial charge in [0.15, 0.2) is 0 Å². The third kappa shape index (κ3) is 2.15. The van der Waals surface area contributed by atoms with Crippen molar-refractivity contribution in [3.63, 3.8) is 0 Å². The Morgan fingerprint density at radius 1 is 1.18 bits per heavy atom. The van der Waals surface area contributed by atoms with Crippen molar-refractivity contribution in [2.75, 3.05) is 0 Å². The Morgan fingerprint density at radius 3 is 2.00 bits per heavy atom. The number of benzene rings is 1. The van der Waals surface area contributed by atoms with E-state index in [1.165, 1.54) is 24.3 Å². The van der Waals surface area contributed by atoms with Crippen molar-refractivity contribution in [3.05, 3.63) is 41.8 Å². The molecule has 0 bridgehead atoms. The van der Waals surface area contributed by atoms with Crippen molar-refractivity contribution >= 4 is 11.6 Å². The second-order valence-corrected chi connectivity index (χ2v) is 2.65. The van der Waals surface area contributed by atoms with Gasteiger partial charge >= 0.3 is 0 Å². The van der Waals surface area contributed by atoms with Crippen molar-refractivity contribution in [2.24, 2.45) is 0 Å². The minimum atomic E-state index is -3.02. The van der Waals surface area contributed by atoms with Crippen LogP contribution in [-0.2, 0) is 5.92 Å².